The van der Waals surface area contributed by atoms with Crippen LogP contribution in [0.1, 0.15) is 12.6 Å². The van der Waals surface area contributed by atoms with Crippen LogP contribution in [0.2, 0.25) is 0 Å². The van der Waals surface area contributed by atoms with Crippen molar-refractivity contribution in [3.8, 4) is 5.75 Å². The first kappa shape index (κ1) is 17.0. The van der Waals surface area contributed by atoms with Crippen molar-refractivity contribution in [2.24, 2.45) is 0 Å². The number of aliphatic hydroxyl groups is 1. The van der Waals surface area contributed by atoms with E-state index in [9.17, 15) is 13.9 Å². The molecule has 0 amide bonds. The van der Waals surface area contributed by atoms with Crippen LogP contribution in [0.15, 0.2) is 30.6 Å². The third-order valence-corrected chi connectivity index (χ3v) is 3.52. The number of hydrogen-bond acceptors (Lipinski definition) is 6. The summed E-state index contributed by atoms with van der Waals surface area (Å²) < 4.78 is 32.8. The molecule has 25 heavy (non-hydrogen) atoms. The van der Waals surface area contributed by atoms with E-state index >= 15 is 0 Å². The second kappa shape index (κ2) is 7.39. The van der Waals surface area contributed by atoms with Gasteiger partial charge in [0.25, 0.3) is 5.78 Å². The van der Waals surface area contributed by atoms with Gasteiger partial charge in [0.2, 0.25) is 0 Å². The second-order valence-electron chi connectivity index (χ2n) is 5.38. The molecule has 2 aromatic heterocycles. The normalized spacial score (nSPS) is 12.3. The Balaban J connectivity index is 1.59. The maximum atomic E-state index is 13.1. The number of benzene rings is 1. The van der Waals surface area contributed by atoms with Crippen LogP contribution in [0.4, 0.5) is 14.6 Å². The van der Waals surface area contributed by atoms with Gasteiger partial charge in [-0.05, 0) is 18.6 Å². The number of hydrogen-bond donors (Lipinski definition) is 2. The Morgan fingerprint density at radius 3 is 2.88 bits per heavy atom. The standard InChI is InChI=1S/C16H17F2N5O2/c1-2-10-5-15(23-16(22-10)20-9-21-23)19-7-11(24)8-25-12-3-4-13(17)14(18)6-12/h3-6,9,11,19,24H,2,7-8H2,1H3. The minimum absolute atomic E-state index is 0.0791. The molecule has 0 fully saturated rings. The van der Waals surface area contributed by atoms with Crippen LogP contribution in [0, 0.1) is 11.6 Å². The zero-order chi connectivity index (χ0) is 17.8. The number of rotatable bonds is 7. The number of aliphatic hydroxyl groups excluding tert-OH is 1. The summed E-state index contributed by atoms with van der Waals surface area (Å²) in [5, 5.41) is 17.2. The van der Waals surface area contributed by atoms with Crippen molar-refractivity contribution in [3.05, 3.63) is 47.9 Å². The Kier molecular flexibility index (Phi) is 5.03. The number of halogens is 2. The van der Waals surface area contributed by atoms with Crippen LogP contribution < -0.4 is 10.1 Å². The molecule has 0 aliphatic heterocycles. The lowest BCUT2D eigenvalue weighted by Gasteiger charge is -2.15. The van der Waals surface area contributed by atoms with E-state index in [1.54, 1.807) is 0 Å². The number of nitrogens with one attached hydrogen (secondary N) is 1. The molecule has 1 unspecified atom stereocenters. The van der Waals surface area contributed by atoms with E-state index in [1.165, 1.54) is 16.9 Å². The molecule has 3 aromatic rings. The monoisotopic (exact) mass is 349 g/mol. The Bertz CT molecular complexity index is 871. The first-order valence-electron chi connectivity index (χ1n) is 7.76. The fourth-order valence-electron chi connectivity index (χ4n) is 2.21. The maximum absolute atomic E-state index is 13.1. The number of aromatic nitrogens is 4. The molecule has 0 spiro atoms. The van der Waals surface area contributed by atoms with Gasteiger partial charge < -0.3 is 15.2 Å². The largest absolute Gasteiger partial charge is 0.491 e. The molecule has 0 aliphatic rings. The zero-order valence-corrected chi connectivity index (χ0v) is 13.5. The van der Waals surface area contributed by atoms with E-state index in [4.69, 9.17) is 4.74 Å². The van der Waals surface area contributed by atoms with Crippen molar-refractivity contribution in [2.45, 2.75) is 19.4 Å². The Labute approximate surface area is 142 Å². The molecule has 0 saturated heterocycles. The van der Waals surface area contributed by atoms with Crippen molar-refractivity contribution < 1.29 is 18.6 Å². The van der Waals surface area contributed by atoms with Crippen LogP contribution >= 0.6 is 0 Å². The highest BCUT2D eigenvalue weighted by Crippen LogP contribution is 2.16. The molecule has 1 atom stereocenters. The van der Waals surface area contributed by atoms with Gasteiger partial charge in [-0.15, -0.1) is 0 Å². The van der Waals surface area contributed by atoms with E-state index in [0.717, 1.165) is 24.2 Å². The second-order valence-corrected chi connectivity index (χ2v) is 5.38. The summed E-state index contributed by atoms with van der Waals surface area (Å²) in [6.45, 7) is 2.07. The number of nitrogens with zero attached hydrogens (tertiary/aromatic N) is 4. The molecular weight excluding hydrogens is 332 g/mol. The summed E-state index contributed by atoms with van der Waals surface area (Å²) in [4.78, 5) is 8.38. The smallest absolute Gasteiger partial charge is 0.254 e. The van der Waals surface area contributed by atoms with Gasteiger partial charge >= 0.3 is 0 Å². The average molecular weight is 349 g/mol. The van der Waals surface area contributed by atoms with Crippen molar-refractivity contribution in [1.29, 1.82) is 0 Å². The SMILES string of the molecule is CCc1cc(NCC(O)COc2ccc(F)c(F)c2)n2ncnc2n1. The fraction of sp³-hybridized carbons (Fsp3) is 0.312. The van der Waals surface area contributed by atoms with Gasteiger partial charge in [0.1, 0.15) is 30.6 Å². The molecule has 2 heterocycles. The van der Waals surface area contributed by atoms with Gasteiger partial charge in [0.15, 0.2) is 11.6 Å². The highest BCUT2D eigenvalue weighted by Gasteiger charge is 2.11. The molecule has 3 rings (SSSR count). The van der Waals surface area contributed by atoms with E-state index in [-0.39, 0.29) is 18.9 Å². The molecule has 132 valence electrons. The summed E-state index contributed by atoms with van der Waals surface area (Å²) in [5.74, 6) is -0.687. The summed E-state index contributed by atoms with van der Waals surface area (Å²) in [7, 11) is 0. The van der Waals surface area contributed by atoms with Crippen molar-refractivity contribution in [1.82, 2.24) is 19.6 Å². The zero-order valence-electron chi connectivity index (χ0n) is 13.5. The molecule has 0 saturated carbocycles. The topological polar surface area (TPSA) is 84.6 Å². The highest BCUT2D eigenvalue weighted by atomic mass is 19.2. The quantitative estimate of drug-likeness (QED) is 0.677. The minimum Gasteiger partial charge on any atom is -0.491 e. The lowest BCUT2D eigenvalue weighted by Crippen LogP contribution is -2.27. The van der Waals surface area contributed by atoms with Crippen molar-refractivity contribution >= 4 is 11.6 Å². The third-order valence-electron chi connectivity index (χ3n) is 3.52. The molecule has 0 aliphatic carbocycles. The Morgan fingerprint density at radius 1 is 1.28 bits per heavy atom. The summed E-state index contributed by atoms with van der Waals surface area (Å²) in [5.41, 5.74) is 0.843. The molecule has 1 aromatic carbocycles. The fourth-order valence-corrected chi connectivity index (χ4v) is 2.21. The average Bonchev–Trinajstić information content (AvgIpc) is 3.09. The van der Waals surface area contributed by atoms with Gasteiger partial charge in [-0.3, -0.25) is 0 Å². The first-order valence-corrected chi connectivity index (χ1v) is 7.76. The van der Waals surface area contributed by atoms with E-state index < -0.39 is 17.7 Å². The van der Waals surface area contributed by atoms with Gasteiger partial charge in [0.05, 0.1) is 0 Å². The Morgan fingerprint density at radius 2 is 2.12 bits per heavy atom. The molecule has 2 N–H and O–H groups in total. The maximum Gasteiger partial charge on any atom is 0.254 e. The van der Waals surface area contributed by atoms with Gasteiger partial charge in [-0.1, -0.05) is 6.92 Å². The number of anilines is 1. The van der Waals surface area contributed by atoms with Crippen LogP contribution in [0.25, 0.3) is 5.78 Å². The number of fused-ring (bicyclic) bond motifs is 1. The highest BCUT2D eigenvalue weighted by molar-refractivity contribution is 5.45. The summed E-state index contributed by atoms with van der Waals surface area (Å²) >= 11 is 0. The van der Waals surface area contributed by atoms with Crippen LogP contribution in [0.5, 0.6) is 5.75 Å². The van der Waals surface area contributed by atoms with Gasteiger partial charge in [0, 0.05) is 24.4 Å². The number of aryl methyl sites for hydroxylation is 1. The molecule has 0 bridgehead atoms. The first-order chi connectivity index (χ1) is 12.1. The summed E-state index contributed by atoms with van der Waals surface area (Å²) in [6.07, 6.45) is 1.26. The van der Waals surface area contributed by atoms with Crippen molar-refractivity contribution in [2.75, 3.05) is 18.5 Å². The molecular formula is C16H17F2N5O2. The van der Waals surface area contributed by atoms with E-state index in [2.05, 4.69) is 20.4 Å². The van der Waals surface area contributed by atoms with Crippen LogP contribution in [0.3, 0.4) is 0 Å². The molecule has 9 heteroatoms. The third kappa shape index (κ3) is 4.00. The predicted octanol–water partition coefficient (Wildman–Crippen LogP) is 1.82. The van der Waals surface area contributed by atoms with Gasteiger partial charge in [-0.2, -0.15) is 14.6 Å². The van der Waals surface area contributed by atoms with E-state index in [1.807, 2.05) is 13.0 Å². The lowest BCUT2D eigenvalue weighted by atomic mass is 10.3. The van der Waals surface area contributed by atoms with Crippen molar-refractivity contribution in [3.63, 3.8) is 0 Å². The van der Waals surface area contributed by atoms with E-state index in [0.29, 0.717) is 11.6 Å². The van der Waals surface area contributed by atoms with Gasteiger partial charge in [-0.25, -0.2) is 13.8 Å². The molecule has 0 radical (unpaired) electrons. The minimum atomic E-state index is -0.998. The predicted molar refractivity (Wildman–Crippen MR) is 86.5 cm³/mol. The lowest BCUT2D eigenvalue weighted by molar-refractivity contribution is 0.117. The summed E-state index contributed by atoms with van der Waals surface area (Å²) in [6, 6.07) is 5.03. The van der Waals surface area contributed by atoms with Crippen LogP contribution in [-0.2, 0) is 6.42 Å². The number of ether oxygens (including phenoxy) is 1. The van der Waals surface area contributed by atoms with Crippen LogP contribution in [-0.4, -0.2) is 43.9 Å². The molecule has 7 nitrogen and oxygen atoms in total. The Hall–Kier alpha value is -2.81.